The van der Waals surface area contributed by atoms with Gasteiger partial charge in [0.15, 0.2) is 0 Å². The number of benzene rings is 3. The highest BCUT2D eigenvalue weighted by atomic mass is 19.4. The third-order valence-corrected chi connectivity index (χ3v) is 4.38. The summed E-state index contributed by atoms with van der Waals surface area (Å²) in [6.07, 6.45) is -4.37. The molecular weight excluding hydrogens is 355 g/mol. The van der Waals surface area contributed by atoms with Crippen molar-refractivity contribution in [2.75, 3.05) is 14.2 Å². The third-order valence-electron chi connectivity index (χ3n) is 4.38. The zero-order chi connectivity index (χ0) is 19.6. The van der Waals surface area contributed by atoms with E-state index in [1.54, 1.807) is 26.3 Å². The van der Waals surface area contributed by atoms with Gasteiger partial charge in [0, 0.05) is 24.5 Å². The van der Waals surface area contributed by atoms with Crippen molar-refractivity contribution >= 4 is 16.7 Å². The molecule has 0 saturated carbocycles. The van der Waals surface area contributed by atoms with E-state index in [9.17, 15) is 18.0 Å². The molecule has 0 aromatic heterocycles. The van der Waals surface area contributed by atoms with Crippen LogP contribution >= 0.6 is 0 Å². The Bertz CT molecular complexity index is 965. The van der Waals surface area contributed by atoms with Crippen LogP contribution in [0.3, 0.4) is 0 Å². The maximum Gasteiger partial charge on any atom is 0.416 e. The lowest BCUT2D eigenvalue weighted by Crippen LogP contribution is -2.26. The molecule has 0 aliphatic heterocycles. The van der Waals surface area contributed by atoms with Crippen LogP contribution in [0, 0.1) is 0 Å². The molecule has 0 spiro atoms. The zero-order valence-electron chi connectivity index (χ0n) is 14.9. The number of hydrogen-bond donors (Lipinski definition) is 0. The second-order valence-electron chi connectivity index (χ2n) is 6.22. The summed E-state index contributed by atoms with van der Waals surface area (Å²) < 4.78 is 43.3. The first-order chi connectivity index (χ1) is 12.8. The minimum Gasteiger partial charge on any atom is -0.496 e. The zero-order valence-corrected chi connectivity index (χ0v) is 14.9. The number of rotatable bonds is 4. The number of carbonyl (C=O) groups excluding carboxylic acids is 1. The van der Waals surface area contributed by atoms with Crippen molar-refractivity contribution in [2.24, 2.45) is 0 Å². The molecule has 0 radical (unpaired) electrons. The van der Waals surface area contributed by atoms with Crippen molar-refractivity contribution in [1.29, 1.82) is 0 Å². The monoisotopic (exact) mass is 373 g/mol. The van der Waals surface area contributed by atoms with Crippen LogP contribution < -0.4 is 4.74 Å². The summed E-state index contributed by atoms with van der Waals surface area (Å²) in [5.41, 5.74) is 0.429. The fraction of sp³-hybridized carbons (Fsp3) is 0.190. The minimum atomic E-state index is -4.37. The lowest BCUT2D eigenvalue weighted by atomic mass is 10.0. The molecule has 0 heterocycles. The van der Waals surface area contributed by atoms with E-state index in [0.717, 1.165) is 22.9 Å². The molecule has 3 nitrogen and oxygen atoms in total. The number of nitrogens with zero attached hydrogens (tertiary/aromatic N) is 1. The first-order valence-corrected chi connectivity index (χ1v) is 8.28. The molecule has 0 atom stereocenters. The van der Waals surface area contributed by atoms with E-state index in [-0.39, 0.29) is 12.5 Å². The molecule has 0 aliphatic carbocycles. The number of amides is 1. The topological polar surface area (TPSA) is 29.5 Å². The Kier molecular flexibility index (Phi) is 5.08. The van der Waals surface area contributed by atoms with Gasteiger partial charge in [-0.05, 0) is 35.2 Å². The molecule has 3 aromatic carbocycles. The Morgan fingerprint density at radius 1 is 0.963 bits per heavy atom. The van der Waals surface area contributed by atoms with Crippen LogP contribution in [0.1, 0.15) is 21.5 Å². The second-order valence-corrected chi connectivity index (χ2v) is 6.22. The fourth-order valence-electron chi connectivity index (χ4n) is 2.99. The fourth-order valence-corrected chi connectivity index (χ4v) is 2.99. The molecule has 0 saturated heterocycles. The Hall–Kier alpha value is -3.02. The summed E-state index contributed by atoms with van der Waals surface area (Å²) in [6, 6.07) is 15.7. The average Bonchev–Trinajstić information content (AvgIpc) is 2.66. The molecule has 0 fully saturated rings. The highest BCUT2D eigenvalue weighted by Gasteiger charge is 2.30. The summed E-state index contributed by atoms with van der Waals surface area (Å²) in [7, 11) is 3.19. The number of ether oxygens (including phenoxy) is 1. The van der Waals surface area contributed by atoms with E-state index in [2.05, 4.69) is 0 Å². The van der Waals surface area contributed by atoms with E-state index in [0.29, 0.717) is 16.9 Å². The highest BCUT2D eigenvalue weighted by molar-refractivity contribution is 6.08. The van der Waals surface area contributed by atoms with Crippen LogP contribution in [0.2, 0.25) is 0 Å². The number of fused-ring (bicyclic) bond motifs is 1. The third kappa shape index (κ3) is 3.89. The number of halogens is 3. The first-order valence-electron chi connectivity index (χ1n) is 8.28. The molecule has 0 bridgehead atoms. The SMILES string of the molecule is COc1ccc(C(=O)N(C)Cc2ccc(C(F)(F)F)cc2)c2ccccc12. The van der Waals surface area contributed by atoms with Crippen molar-refractivity contribution in [3.05, 3.63) is 77.4 Å². The molecule has 1 amide bonds. The van der Waals surface area contributed by atoms with Crippen molar-refractivity contribution in [2.45, 2.75) is 12.7 Å². The summed E-state index contributed by atoms with van der Waals surface area (Å²) >= 11 is 0. The van der Waals surface area contributed by atoms with Gasteiger partial charge in [0.1, 0.15) is 5.75 Å². The van der Waals surface area contributed by atoms with Crippen LogP contribution in [0.5, 0.6) is 5.75 Å². The van der Waals surface area contributed by atoms with Gasteiger partial charge in [-0.1, -0.05) is 36.4 Å². The minimum absolute atomic E-state index is 0.206. The van der Waals surface area contributed by atoms with Gasteiger partial charge in [0.2, 0.25) is 0 Å². The second kappa shape index (κ2) is 7.31. The molecule has 0 unspecified atom stereocenters. The van der Waals surface area contributed by atoms with Crippen molar-refractivity contribution < 1.29 is 22.7 Å². The molecule has 6 heteroatoms. The van der Waals surface area contributed by atoms with Crippen molar-refractivity contribution in [3.63, 3.8) is 0 Å². The molecule has 27 heavy (non-hydrogen) atoms. The van der Waals surface area contributed by atoms with E-state index in [4.69, 9.17) is 4.74 Å². The van der Waals surface area contributed by atoms with Gasteiger partial charge in [0.25, 0.3) is 5.91 Å². The van der Waals surface area contributed by atoms with E-state index >= 15 is 0 Å². The molecule has 3 aromatic rings. The molecule has 3 rings (SSSR count). The smallest absolute Gasteiger partial charge is 0.416 e. The van der Waals surface area contributed by atoms with Crippen LogP contribution in [0.15, 0.2) is 60.7 Å². The number of methoxy groups -OCH3 is 1. The number of carbonyl (C=O) groups is 1. The summed E-state index contributed by atoms with van der Waals surface area (Å²) in [5.74, 6) is 0.460. The predicted octanol–water partition coefficient (Wildman–Crippen LogP) is 5.14. The normalized spacial score (nSPS) is 11.4. The Morgan fingerprint density at radius 3 is 2.19 bits per heavy atom. The predicted molar refractivity (Wildman–Crippen MR) is 97.7 cm³/mol. The Balaban J connectivity index is 1.85. The Morgan fingerprint density at radius 2 is 1.59 bits per heavy atom. The quantitative estimate of drug-likeness (QED) is 0.634. The van der Waals surface area contributed by atoms with Crippen LogP contribution in [-0.2, 0) is 12.7 Å². The standard InChI is InChI=1S/C21H18F3NO2/c1-25(13-14-7-9-15(10-8-14)21(22,23)24)20(26)18-11-12-19(27-2)17-6-4-3-5-16(17)18/h3-12H,13H2,1-2H3. The summed E-state index contributed by atoms with van der Waals surface area (Å²) in [4.78, 5) is 14.4. The Labute approximate surface area is 155 Å². The largest absolute Gasteiger partial charge is 0.496 e. The van der Waals surface area contributed by atoms with Crippen LogP contribution in [0.25, 0.3) is 10.8 Å². The molecular formula is C21H18F3NO2. The lowest BCUT2D eigenvalue weighted by Gasteiger charge is -2.19. The van der Waals surface area contributed by atoms with Gasteiger partial charge >= 0.3 is 6.18 Å². The van der Waals surface area contributed by atoms with Gasteiger partial charge in [-0.2, -0.15) is 13.2 Å². The summed E-state index contributed by atoms with van der Waals surface area (Å²) in [5, 5.41) is 1.59. The molecule has 0 N–H and O–H groups in total. The summed E-state index contributed by atoms with van der Waals surface area (Å²) in [6.45, 7) is 0.206. The van der Waals surface area contributed by atoms with Crippen molar-refractivity contribution in [3.8, 4) is 5.75 Å². The van der Waals surface area contributed by atoms with Crippen LogP contribution in [0.4, 0.5) is 13.2 Å². The van der Waals surface area contributed by atoms with Gasteiger partial charge in [-0.15, -0.1) is 0 Å². The average molecular weight is 373 g/mol. The van der Waals surface area contributed by atoms with Crippen molar-refractivity contribution in [1.82, 2.24) is 4.90 Å². The highest BCUT2D eigenvalue weighted by Crippen LogP contribution is 2.30. The van der Waals surface area contributed by atoms with Gasteiger partial charge < -0.3 is 9.64 Å². The van der Waals surface area contributed by atoms with E-state index in [1.807, 2.05) is 24.3 Å². The van der Waals surface area contributed by atoms with E-state index < -0.39 is 11.7 Å². The maximum atomic E-state index is 12.9. The lowest BCUT2D eigenvalue weighted by molar-refractivity contribution is -0.137. The van der Waals surface area contributed by atoms with Gasteiger partial charge in [-0.3, -0.25) is 4.79 Å². The number of hydrogen-bond acceptors (Lipinski definition) is 2. The number of alkyl halides is 3. The maximum absolute atomic E-state index is 12.9. The van der Waals surface area contributed by atoms with Gasteiger partial charge in [-0.25, -0.2) is 0 Å². The molecule has 140 valence electrons. The molecule has 0 aliphatic rings. The van der Waals surface area contributed by atoms with Crippen LogP contribution in [-0.4, -0.2) is 25.0 Å². The van der Waals surface area contributed by atoms with E-state index in [1.165, 1.54) is 17.0 Å². The first kappa shape index (κ1) is 18.8. The van der Waals surface area contributed by atoms with Gasteiger partial charge in [0.05, 0.1) is 12.7 Å².